The second-order valence-electron chi connectivity index (χ2n) is 6.35. The third kappa shape index (κ3) is 5.30. The first-order chi connectivity index (χ1) is 13.0. The lowest BCUT2D eigenvalue weighted by atomic mass is 10.0. The van der Waals surface area contributed by atoms with Gasteiger partial charge in [0.1, 0.15) is 0 Å². The van der Waals surface area contributed by atoms with Gasteiger partial charge in [-0.3, -0.25) is 4.79 Å². The van der Waals surface area contributed by atoms with Crippen molar-refractivity contribution >= 4 is 45.5 Å². The van der Waals surface area contributed by atoms with Crippen molar-refractivity contribution in [2.45, 2.75) is 24.1 Å². The van der Waals surface area contributed by atoms with Crippen LogP contribution in [0.2, 0.25) is 0 Å². The number of amides is 1. The summed E-state index contributed by atoms with van der Waals surface area (Å²) in [7, 11) is 1.78. The minimum atomic E-state index is 0.0279. The minimum absolute atomic E-state index is 0.0279. The first-order valence-corrected chi connectivity index (χ1v) is 10.5. The molecule has 0 atom stereocenters. The maximum atomic E-state index is 12.3. The number of nitrogens with one attached hydrogen (secondary N) is 1. The van der Waals surface area contributed by atoms with Gasteiger partial charge in [0.25, 0.3) is 0 Å². The van der Waals surface area contributed by atoms with E-state index in [0.29, 0.717) is 11.7 Å². The highest BCUT2D eigenvalue weighted by Gasteiger charge is 2.13. The van der Waals surface area contributed by atoms with Crippen LogP contribution in [0.4, 0.5) is 16.5 Å². The van der Waals surface area contributed by atoms with Crippen molar-refractivity contribution in [2.24, 2.45) is 0 Å². The molecule has 0 radical (unpaired) electrons. The highest BCUT2D eigenvalue weighted by Crippen LogP contribution is 2.28. The maximum Gasteiger partial charge on any atom is 0.237 e. The van der Waals surface area contributed by atoms with Gasteiger partial charge in [-0.2, -0.15) is 0 Å². The molecule has 2 aromatic carbocycles. The third-order valence-electron chi connectivity index (χ3n) is 4.07. The van der Waals surface area contributed by atoms with Crippen LogP contribution in [0.5, 0.6) is 0 Å². The fraction of sp³-hybridized carbons (Fsp3) is 0.250. The number of hydrogen-bond donors (Lipinski definition) is 1. The van der Waals surface area contributed by atoms with E-state index in [-0.39, 0.29) is 5.91 Å². The lowest BCUT2D eigenvalue weighted by Gasteiger charge is -2.16. The first kappa shape index (κ1) is 19.4. The molecule has 140 valence electrons. The predicted octanol–water partition coefficient (Wildman–Crippen LogP) is 5.16. The van der Waals surface area contributed by atoms with Crippen LogP contribution < -0.4 is 10.2 Å². The molecular weight excluding hydrogens is 376 g/mol. The van der Waals surface area contributed by atoms with Gasteiger partial charge in [-0.25, -0.2) is 0 Å². The van der Waals surface area contributed by atoms with E-state index < -0.39 is 0 Å². The van der Waals surface area contributed by atoms with Gasteiger partial charge in [-0.05, 0) is 35.7 Å². The summed E-state index contributed by atoms with van der Waals surface area (Å²) >= 11 is 2.85. The zero-order valence-corrected chi connectivity index (χ0v) is 17.2. The Morgan fingerprint density at radius 1 is 1.11 bits per heavy atom. The summed E-state index contributed by atoms with van der Waals surface area (Å²) in [5.74, 6) is 0.860. The molecule has 0 saturated heterocycles. The molecule has 0 bridgehead atoms. The number of thioether (sulfide) groups is 1. The van der Waals surface area contributed by atoms with Crippen LogP contribution in [0.1, 0.15) is 25.3 Å². The van der Waals surface area contributed by atoms with Crippen molar-refractivity contribution in [2.75, 3.05) is 23.0 Å². The minimum Gasteiger partial charge on any atom is -0.330 e. The van der Waals surface area contributed by atoms with E-state index in [4.69, 9.17) is 0 Å². The Kier molecular flexibility index (Phi) is 6.47. The van der Waals surface area contributed by atoms with E-state index in [1.165, 1.54) is 28.7 Å². The summed E-state index contributed by atoms with van der Waals surface area (Å²) in [6.07, 6.45) is 0. The fourth-order valence-electron chi connectivity index (χ4n) is 2.41. The number of carbonyl (C=O) groups excluding carboxylic acids is 1. The zero-order valence-electron chi connectivity index (χ0n) is 15.5. The Labute approximate surface area is 167 Å². The van der Waals surface area contributed by atoms with Gasteiger partial charge in [0.2, 0.25) is 11.0 Å². The van der Waals surface area contributed by atoms with Crippen molar-refractivity contribution in [3.8, 4) is 0 Å². The molecule has 0 spiro atoms. The van der Waals surface area contributed by atoms with Crippen molar-refractivity contribution < 1.29 is 4.79 Å². The molecule has 3 rings (SSSR count). The molecule has 1 N–H and O–H groups in total. The third-order valence-corrected chi connectivity index (χ3v) is 6.03. The van der Waals surface area contributed by atoms with Crippen LogP contribution in [0, 0.1) is 0 Å². The Morgan fingerprint density at radius 2 is 1.81 bits per heavy atom. The second-order valence-corrected chi connectivity index (χ2v) is 8.55. The summed E-state index contributed by atoms with van der Waals surface area (Å²) in [5, 5.41) is 12.3. The molecule has 0 aliphatic rings. The van der Waals surface area contributed by atoms with Crippen LogP contribution in [0.25, 0.3) is 0 Å². The molecular formula is C20H22N4OS2. The Morgan fingerprint density at radius 3 is 2.48 bits per heavy atom. The number of para-hydroxylation sites is 1. The lowest BCUT2D eigenvalue weighted by Crippen LogP contribution is -2.27. The first-order valence-electron chi connectivity index (χ1n) is 8.68. The number of carbonyl (C=O) groups is 1. The van der Waals surface area contributed by atoms with E-state index in [0.717, 1.165) is 20.8 Å². The Bertz CT molecular complexity index is 879. The summed E-state index contributed by atoms with van der Waals surface area (Å²) in [5.41, 5.74) is 3.16. The smallest absolute Gasteiger partial charge is 0.237 e. The van der Waals surface area contributed by atoms with E-state index >= 15 is 0 Å². The van der Waals surface area contributed by atoms with Crippen molar-refractivity contribution in [1.29, 1.82) is 0 Å². The Balaban J connectivity index is 1.54. The molecule has 7 heteroatoms. The van der Waals surface area contributed by atoms with Gasteiger partial charge in [0.05, 0.1) is 5.75 Å². The number of anilines is 3. The van der Waals surface area contributed by atoms with Gasteiger partial charge >= 0.3 is 0 Å². The molecule has 1 amide bonds. The van der Waals surface area contributed by atoms with Crippen LogP contribution >= 0.6 is 23.1 Å². The largest absolute Gasteiger partial charge is 0.330 e. The van der Waals surface area contributed by atoms with Gasteiger partial charge in [0.15, 0.2) is 4.34 Å². The predicted molar refractivity (Wildman–Crippen MR) is 114 cm³/mol. The molecule has 0 fully saturated rings. The van der Waals surface area contributed by atoms with Crippen LogP contribution in [0.15, 0.2) is 58.9 Å². The van der Waals surface area contributed by atoms with E-state index in [1.54, 1.807) is 11.9 Å². The summed E-state index contributed by atoms with van der Waals surface area (Å²) in [4.78, 5) is 14.0. The molecule has 1 aromatic heterocycles. The monoisotopic (exact) mass is 398 g/mol. The van der Waals surface area contributed by atoms with Gasteiger partial charge in [-0.15, -0.1) is 10.2 Å². The molecule has 27 heavy (non-hydrogen) atoms. The number of aromatic nitrogens is 2. The van der Waals surface area contributed by atoms with Crippen LogP contribution in [-0.4, -0.2) is 28.9 Å². The second kappa shape index (κ2) is 9.01. The average molecular weight is 399 g/mol. The topological polar surface area (TPSA) is 58.1 Å². The number of nitrogens with zero attached hydrogens (tertiary/aromatic N) is 3. The maximum absolute atomic E-state index is 12.3. The van der Waals surface area contributed by atoms with E-state index in [1.807, 2.05) is 42.5 Å². The SMILES string of the molecule is CC(C)c1ccc(Nc2nnc(SCC(=O)N(C)c3ccccc3)s2)cc1. The molecule has 0 aliphatic carbocycles. The number of rotatable bonds is 7. The van der Waals surface area contributed by atoms with Crippen molar-refractivity contribution in [3.05, 3.63) is 60.2 Å². The van der Waals surface area contributed by atoms with Gasteiger partial charge in [0, 0.05) is 18.4 Å². The summed E-state index contributed by atoms with van der Waals surface area (Å²) in [6, 6.07) is 17.9. The van der Waals surface area contributed by atoms with E-state index in [2.05, 4.69) is 41.5 Å². The summed E-state index contributed by atoms with van der Waals surface area (Å²) in [6.45, 7) is 4.35. The van der Waals surface area contributed by atoms with Crippen molar-refractivity contribution in [1.82, 2.24) is 10.2 Å². The highest BCUT2D eigenvalue weighted by atomic mass is 32.2. The molecule has 5 nitrogen and oxygen atoms in total. The number of benzene rings is 2. The highest BCUT2D eigenvalue weighted by molar-refractivity contribution is 8.01. The average Bonchev–Trinajstić information content (AvgIpc) is 3.14. The van der Waals surface area contributed by atoms with Gasteiger partial charge in [-0.1, -0.05) is 67.3 Å². The molecule has 0 unspecified atom stereocenters. The normalized spacial score (nSPS) is 10.8. The molecule has 0 aliphatic heterocycles. The van der Waals surface area contributed by atoms with Crippen LogP contribution in [-0.2, 0) is 4.79 Å². The number of hydrogen-bond acceptors (Lipinski definition) is 6. The lowest BCUT2D eigenvalue weighted by molar-refractivity contribution is -0.115. The fourth-order valence-corrected chi connectivity index (χ4v) is 4.10. The van der Waals surface area contributed by atoms with E-state index in [9.17, 15) is 4.79 Å². The molecule has 1 heterocycles. The quantitative estimate of drug-likeness (QED) is 0.557. The van der Waals surface area contributed by atoms with Crippen LogP contribution in [0.3, 0.4) is 0 Å². The van der Waals surface area contributed by atoms with Crippen molar-refractivity contribution in [3.63, 3.8) is 0 Å². The summed E-state index contributed by atoms with van der Waals surface area (Å²) < 4.78 is 0.770. The zero-order chi connectivity index (χ0) is 19.2. The molecule has 3 aromatic rings. The molecule has 0 saturated carbocycles. The standard InChI is InChI=1S/C20H22N4OS2/c1-14(2)15-9-11-16(12-10-15)21-19-22-23-20(27-19)26-13-18(25)24(3)17-7-5-4-6-8-17/h4-12,14H,13H2,1-3H3,(H,21,22). The van der Waals surface area contributed by atoms with Gasteiger partial charge < -0.3 is 10.2 Å². The Hall–Kier alpha value is -2.38.